The van der Waals surface area contributed by atoms with Gasteiger partial charge in [-0.15, -0.1) is 0 Å². The van der Waals surface area contributed by atoms with Crippen LogP contribution in [-0.2, 0) is 36.6 Å². The highest BCUT2D eigenvalue weighted by molar-refractivity contribution is 5.90. The summed E-state index contributed by atoms with van der Waals surface area (Å²) in [6.45, 7) is 0.832. The normalized spacial score (nSPS) is 24.0. The second-order valence-electron chi connectivity index (χ2n) is 12.0. The largest absolute Gasteiger partial charge is 0.453 e. The van der Waals surface area contributed by atoms with Crippen LogP contribution in [0.5, 0.6) is 0 Å². The third-order valence-corrected chi connectivity index (χ3v) is 8.91. The van der Waals surface area contributed by atoms with Gasteiger partial charge in [0, 0.05) is 6.04 Å². The van der Waals surface area contributed by atoms with Crippen LogP contribution >= 0.6 is 0 Å². The van der Waals surface area contributed by atoms with Gasteiger partial charge in [0.25, 0.3) is 0 Å². The number of hydrogen-bond donors (Lipinski definition) is 4. The Morgan fingerprint density at radius 1 is 0.932 bits per heavy atom. The van der Waals surface area contributed by atoms with E-state index >= 15 is 0 Å². The number of amides is 3. The van der Waals surface area contributed by atoms with Crippen LogP contribution in [0.15, 0.2) is 60.7 Å². The summed E-state index contributed by atoms with van der Waals surface area (Å²) in [6.07, 6.45) is 1.20. The number of carbonyl (C=O) groups is 3. The molecular weight excluding hydrogens is 566 g/mol. The molecule has 2 aliphatic heterocycles. The first-order valence-corrected chi connectivity index (χ1v) is 15.5. The number of ether oxygens (including phenoxy) is 4. The zero-order valence-corrected chi connectivity index (χ0v) is 25.1. The quantitative estimate of drug-likeness (QED) is 0.287. The summed E-state index contributed by atoms with van der Waals surface area (Å²) in [5.74, 6) is -0.319. The lowest BCUT2D eigenvalue weighted by molar-refractivity contribution is -0.128. The minimum absolute atomic E-state index is 0.00906. The number of aliphatic hydroxyl groups excluding tert-OH is 1. The number of carbonyl (C=O) groups excluding carboxylic acids is 3. The first kappa shape index (κ1) is 31.7. The molecular formula is C33H43N3O8. The maximum atomic E-state index is 13.7. The smallest absolute Gasteiger partial charge is 0.407 e. The van der Waals surface area contributed by atoms with Crippen LogP contribution in [-0.4, -0.2) is 79.6 Å². The summed E-state index contributed by atoms with van der Waals surface area (Å²) in [7, 11) is 1.27. The lowest BCUT2D eigenvalue weighted by Gasteiger charge is -2.33. The van der Waals surface area contributed by atoms with Gasteiger partial charge < -0.3 is 40.0 Å². The highest BCUT2D eigenvalue weighted by Crippen LogP contribution is 2.33. The lowest BCUT2D eigenvalue weighted by Crippen LogP contribution is -2.59. The molecule has 3 amide bonds. The van der Waals surface area contributed by atoms with Crippen molar-refractivity contribution in [3.05, 3.63) is 71.8 Å². The fraction of sp³-hybridized carbons (Fsp3) is 0.545. The average molecular weight is 610 g/mol. The number of hydrogen-bond acceptors (Lipinski definition) is 8. The van der Waals surface area contributed by atoms with Gasteiger partial charge in [0.05, 0.1) is 38.4 Å². The SMILES string of the molecule is COC(=O)NC1(C(=O)N[C@@H](Cc2ccccc2)C[C@H](O)[C@H](Cc2ccccc2)NC(=O)O[C@H]2CO[C@H]3OCC[C@H]32)CCCC1. The molecule has 0 bridgehead atoms. The molecule has 3 aliphatic rings. The van der Waals surface area contributed by atoms with Crippen LogP contribution in [0.1, 0.15) is 49.7 Å². The average Bonchev–Trinajstić information content (AvgIpc) is 3.78. The molecule has 238 valence electrons. The van der Waals surface area contributed by atoms with Crippen molar-refractivity contribution in [3.8, 4) is 0 Å². The van der Waals surface area contributed by atoms with Crippen LogP contribution in [0.25, 0.3) is 0 Å². The molecule has 0 spiro atoms. The number of rotatable bonds is 12. The summed E-state index contributed by atoms with van der Waals surface area (Å²) in [5.41, 5.74) is 0.831. The molecule has 3 fully saturated rings. The van der Waals surface area contributed by atoms with Crippen molar-refractivity contribution in [2.45, 2.75) is 87.5 Å². The van der Waals surface area contributed by atoms with E-state index in [1.54, 1.807) is 0 Å². The predicted molar refractivity (Wildman–Crippen MR) is 161 cm³/mol. The standard InChI is InChI=1S/C33H43N3O8/c1-41-32(40)36-33(15-8-9-16-33)30(38)34-24(18-22-10-4-2-5-11-22)20-27(37)26(19-23-12-6-3-7-13-23)35-31(39)44-28-21-43-29-25(28)14-17-42-29/h2-7,10-13,24-29,37H,8-9,14-21H2,1H3,(H,34,38)(H,35,39)(H,36,40)/t24-,25-,26-,27-,28-,29+/m0/s1. The van der Waals surface area contributed by atoms with Gasteiger partial charge in [0.2, 0.25) is 5.91 Å². The van der Waals surface area contributed by atoms with E-state index in [0.717, 1.165) is 30.4 Å². The number of alkyl carbamates (subject to hydrolysis) is 2. The molecule has 0 radical (unpaired) electrons. The second-order valence-corrected chi connectivity index (χ2v) is 12.0. The monoisotopic (exact) mass is 609 g/mol. The minimum Gasteiger partial charge on any atom is -0.453 e. The topological polar surface area (TPSA) is 144 Å². The lowest BCUT2D eigenvalue weighted by atomic mass is 9.91. The second kappa shape index (κ2) is 14.9. The van der Waals surface area contributed by atoms with Crippen molar-refractivity contribution in [3.63, 3.8) is 0 Å². The van der Waals surface area contributed by atoms with E-state index in [4.69, 9.17) is 18.9 Å². The fourth-order valence-electron chi connectivity index (χ4n) is 6.53. The molecule has 2 heterocycles. The number of aliphatic hydroxyl groups is 1. The molecule has 5 rings (SSSR count). The van der Waals surface area contributed by atoms with Gasteiger partial charge in [-0.3, -0.25) is 4.79 Å². The van der Waals surface area contributed by atoms with Crippen LogP contribution in [0, 0.1) is 5.92 Å². The first-order valence-electron chi connectivity index (χ1n) is 15.5. The van der Waals surface area contributed by atoms with Crippen molar-refractivity contribution < 1.29 is 38.4 Å². The Morgan fingerprint density at radius 2 is 1.59 bits per heavy atom. The summed E-state index contributed by atoms with van der Waals surface area (Å²) in [6, 6.07) is 18.1. The maximum Gasteiger partial charge on any atom is 0.407 e. The van der Waals surface area contributed by atoms with Gasteiger partial charge in [-0.1, -0.05) is 73.5 Å². The molecule has 4 N–H and O–H groups in total. The van der Waals surface area contributed by atoms with Crippen molar-refractivity contribution in [2.75, 3.05) is 20.3 Å². The van der Waals surface area contributed by atoms with E-state index < -0.39 is 42.0 Å². The highest BCUT2D eigenvalue weighted by atomic mass is 16.7. The van der Waals surface area contributed by atoms with Crippen LogP contribution in [0.3, 0.4) is 0 Å². The first-order chi connectivity index (χ1) is 21.3. The molecule has 2 saturated heterocycles. The van der Waals surface area contributed by atoms with Gasteiger partial charge in [0.15, 0.2) is 6.29 Å². The third kappa shape index (κ3) is 8.08. The number of benzene rings is 2. The number of nitrogens with one attached hydrogen (secondary N) is 3. The van der Waals surface area contributed by atoms with Gasteiger partial charge in [0.1, 0.15) is 11.6 Å². The molecule has 2 aromatic carbocycles. The Hall–Kier alpha value is -3.67. The Bertz CT molecular complexity index is 1240. The minimum atomic E-state index is -1.08. The highest BCUT2D eigenvalue weighted by Gasteiger charge is 2.45. The molecule has 44 heavy (non-hydrogen) atoms. The van der Waals surface area contributed by atoms with Crippen molar-refractivity contribution in [1.82, 2.24) is 16.0 Å². The molecule has 1 aliphatic carbocycles. The van der Waals surface area contributed by atoms with E-state index in [-0.39, 0.29) is 31.1 Å². The molecule has 11 heteroatoms. The van der Waals surface area contributed by atoms with E-state index in [2.05, 4.69) is 16.0 Å². The summed E-state index contributed by atoms with van der Waals surface area (Å²) in [5, 5.41) is 20.4. The third-order valence-electron chi connectivity index (χ3n) is 8.91. The zero-order valence-electron chi connectivity index (χ0n) is 25.1. The Labute approximate surface area is 258 Å². The van der Waals surface area contributed by atoms with Gasteiger partial charge in [-0.2, -0.15) is 0 Å². The number of methoxy groups -OCH3 is 1. The van der Waals surface area contributed by atoms with E-state index in [9.17, 15) is 19.5 Å². The molecule has 2 aromatic rings. The van der Waals surface area contributed by atoms with Gasteiger partial charge in [-0.05, 0) is 49.7 Å². The zero-order chi connectivity index (χ0) is 30.9. The van der Waals surface area contributed by atoms with Crippen LogP contribution < -0.4 is 16.0 Å². The van der Waals surface area contributed by atoms with Crippen molar-refractivity contribution >= 4 is 18.1 Å². The molecule has 11 nitrogen and oxygen atoms in total. The van der Waals surface area contributed by atoms with E-state index in [1.165, 1.54) is 7.11 Å². The molecule has 0 unspecified atom stereocenters. The Morgan fingerprint density at radius 3 is 2.25 bits per heavy atom. The molecule has 0 aromatic heterocycles. The molecule has 1 saturated carbocycles. The maximum absolute atomic E-state index is 13.7. The van der Waals surface area contributed by atoms with Gasteiger partial charge >= 0.3 is 12.2 Å². The molecule has 6 atom stereocenters. The summed E-state index contributed by atoms with van der Waals surface area (Å²) < 4.78 is 21.7. The summed E-state index contributed by atoms with van der Waals surface area (Å²) >= 11 is 0. The van der Waals surface area contributed by atoms with Gasteiger partial charge in [-0.25, -0.2) is 9.59 Å². The Kier molecular flexibility index (Phi) is 10.7. The predicted octanol–water partition coefficient (Wildman–Crippen LogP) is 3.23. The van der Waals surface area contributed by atoms with E-state index in [1.807, 2.05) is 60.7 Å². The van der Waals surface area contributed by atoms with Crippen LogP contribution in [0.4, 0.5) is 9.59 Å². The summed E-state index contributed by atoms with van der Waals surface area (Å²) in [4.78, 5) is 39.0. The Balaban J connectivity index is 1.31. The van der Waals surface area contributed by atoms with Crippen molar-refractivity contribution in [1.29, 1.82) is 0 Å². The van der Waals surface area contributed by atoms with Crippen molar-refractivity contribution in [2.24, 2.45) is 5.92 Å². The van der Waals surface area contributed by atoms with E-state index in [0.29, 0.717) is 32.3 Å². The van der Waals surface area contributed by atoms with Crippen LogP contribution in [0.2, 0.25) is 0 Å². The fourth-order valence-corrected chi connectivity index (χ4v) is 6.53. The number of fused-ring (bicyclic) bond motifs is 1.